The van der Waals surface area contributed by atoms with Crippen molar-refractivity contribution in [1.82, 2.24) is 4.98 Å². The summed E-state index contributed by atoms with van der Waals surface area (Å²) in [6.07, 6.45) is 8.63. The van der Waals surface area contributed by atoms with Crippen LogP contribution in [0.25, 0.3) is 23.1 Å². The SMILES string of the molecule is COC(=O)c1ccccc1C[C@@H](Cc1cccc(C=Cc2ccc3ccc(Cl)cc3n2)c1)SCC1CC1. The maximum absolute atomic E-state index is 12.3. The van der Waals surface area contributed by atoms with Crippen LogP contribution < -0.4 is 0 Å². The van der Waals surface area contributed by atoms with Gasteiger partial charge in [0.2, 0.25) is 0 Å². The summed E-state index contributed by atoms with van der Waals surface area (Å²) in [5, 5.41) is 2.15. The Balaban J connectivity index is 1.32. The van der Waals surface area contributed by atoms with Crippen LogP contribution >= 0.6 is 23.4 Å². The molecule has 1 aromatic heterocycles. The largest absolute Gasteiger partial charge is 0.465 e. The summed E-state index contributed by atoms with van der Waals surface area (Å²) in [6, 6.07) is 26.4. The van der Waals surface area contributed by atoms with Crippen molar-refractivity contribution in [2.45, 2.75) is 30.9 Å². The molecule has 5 heteroatoms. The van der Waals surface area contributed by atoms with Crippen molar-refractivity contribution in [2.24, 2.45) is 5.92 Å². The number of aromatic nitrogens is 1. The third-order valence-electron chi connectivity index (χ3n) is 6.67. The quantitative estimate of drug-likeness (QED) is 0.195. The fourth-order valence-corrected chi connectivity index (χ4v) is 6.12. The first-order chi connectivity index (χ1) is 18.1. The molecule has 5 rings (SSSR count). The zero-order chi connectivity index (χ0) is 25.6. The normalized spacial score (nSPS) is 14.2. The number of benzene rings is 3. The standard InChI is InChI=1S/C32H30ClNO2S/c1-36-32(35)30-8-3-2-7-26(30)19-29(37-21-23-9-10-23)18-24-6-4-5-22(17-24)11-15-28-16-13-25-12-14-27(33)20-31(25)34-28/h2-8,11-17,20,23,29H,9-10,18-19,21H2,1H3/t29-/m1/s1. The number of methoxy groups -OCH3 is 1. The van der Waals surface area contributed by atoms with Gasteiger partial charge in [-0.1, -0.05) is 72.3 Å². The molecule has 0 radical (unpaired) electrons. The molecular weight excluding hydrogens is 498 g/mol. The van der Waals surface area contributed by atoms with Gasteiger partial charge in [-0.15, -0.1) is 0 Å². The Labute approximate surface area is 227 Å². The van der Waals surface area contributed by atoms with Crippen LogP contribution in [0, 0.1) is 5.92 Å². The van der Waals surface area contributed by atoms with Gasteiger partial charge in [0.15, 0.2) is 0 Å². The number of rotatable bonds is 10. The molecule has 0 saturated heterocycles. The zero-order valence-electron chi connectivity index (χ0n) is 20.9. The Morgan fingerprint density at radius 3 is 2.70 bits per heavy atom. The van der Waals surface area contributed by atoms with E-state index in [9.17, 15) is 4.79 Å². The monoisotopic (exact) mass is 527 g/mol. The molecule has 1 aliphatic rings. The molecule has 188 valence electrons. The van der Waals surface area contributed by atoms with Gasteiger partial charge in [0.05, 0.1) is 23.9 Å². The Hall–Kier alpha value is -3.08. The molecule has 0 N–H and O–H groups in total. The predicted molar refractivity (Wildman–Crippen MR) is 156 cm³/mol. The molecule has 0 unspecified atom stereocenters. The maximum Gasteiger partial charge on any atom is 0.338 e. The summed E-state index contributed by atoms with van der Waals surface area (Å²) in [5.74, 6) is 1.77. The third-order valence-corrected chi connectivity index (χ3v) is 8.38. The molecule has 4 aromatic rings. The highest BCUT2D eigenvalue weighted by Crippen LogP contribution is 2.35. The van der Waals surface area contributed by atoms with Gasteiger partial charge in [-0.3, -0.25) is 0 Å². The molecule has 0 spiro atoms. The van der Waals surface area contributed by atoms with Crippen LogP contribution in [0.2, 0.25) is 5.02 Å². The number of carbonyl (C=O) groups is 1. The molecule has 37 heavy (non-hydrogen) atoms. The second kappa shape index (κ2) is 12.0. The molecule has 0 aliphatic heterocycles. The highest BCUT2D eigenvalue weighted by Gasteiger charge is 2.24. The first kappa shape index (κ1) is 25.6. The van der Waals surface area contributed by atoms with E-state index in [0.717, 1.165) is 46.5 Å². The minimum atomic E-state index is -0.266. The Bertz CT molecular complexity index is 1430. The molecule has 1 aliphatic carbocycles. The molecule has 3 aromatic carbocycles. The number of thioether (sulfide) groups is 1. The molecule has 0 bridgehead atoms. The number of ether oxygens (including phenoxy) is 1. The maximum atomic E-state index is 12.3. The average molecular weight is 528 g/mol. The number of pyridine rings is 1. The lowest BCUT2D eigenvalue weighted by atomic mass is 9.98. The van der Waals surface area contributed by atoms with E-state index in [1.54, 1.807) is 0 Å². The first-order valence-electron chi connectivity index (χ1n) is 12.7. The minimum absolute atomic E-state index is 0.266. The lowest BCUT2D eigenvalue weighted by Crippen LogP contribution is -2.15. The second-order valence-corrected chi connectivity index (χ2v) is 11.4. The van der Waals surface area contributed by atoms with Crippen molar-refractivity contribution >= 4 is 52.4 Å². The third kappa shape index (κ3) is 7.03. The Morgan fingerprint density at radius 2 is 1.86 bits per heavy atom. The lowest BCUT2D eigenvalue weighted by Gasteiger charge is -2.19. The van der Waals surface area contributed by atoms with Gasteiger partial charge in [0, 0.05) is 15.7 Å². The van der Waals surface area contributed by atoms with E-state index < -0.39 is 0 Å². The highest BCUT2D eigenvalue weighted by atomic mass is 35.5. The van der Waals surface area contributed by atoms with E-state index in [4.69, 9.17) is 21.3 Å². The van der Waals surface area contributed by atoms with Gasteiger partial charge < -0.3 is 4.74 Å². The zero-order valence-corrected chi connectivity index (χ0v) is 22.5. The summed E-state index contributed by atoms with van der Waals surface area (Å²) >= 11 is 8.18. The molecule has 1 atom stereocenters. The van der Waals surface area contributed by atoms with Gasteiger partial charge >= 0.3 is 5.97 Å². The lowest BCUT2D eigenvalue weighted by molar-refractivity contribution is 0.0599. The van der Waals surface area contributed by atoms with E-state index in [1.807, 2.05) is 60.3 Å². The topological polar surface area (TPSA) is 39.2 Å². The van der Waals surface area contributed by atoms with E-state index in [2.05, 4.69) is 42.5 Å². The molecular formula is C32H30ClNO2S. The van der Waals surface area contributed by atoms with Crippen LogP contribution in [0.4, 0.5) is 0 Å². The highest BCUT2D eigenvalue weighted by molar-refractivity contribution is 7.99. The number of fused-ring (bicyclic) bond motifs is 1. The number of hydrogen-bond acceptors (Lipinski definition) is 4. The minimum Gasteiger partial charge on any atom is -0.465 e. The Kier molecular flexibility index (Phi) is 8.28. The molecule has 3 nitrogen and oxygen atoms in total. The predicted octanol–water partition coefficient (Wildman–Crippen LogP) is 8.14. The van der Waals surface area contributed by atoms with Gasteiger partial charge in [0.1, 0.15) is 0 Å². The summed E-state index contributed by atoms with van der Waals surface area (Å²) in [6.45, 7) is 0. The Morgan fingerprint density at radius 1 is 1.03 bits per heavy atom. The molecule has 1 fully saturated rings. The van der Waals surface area contributed by atoms with Crippen molar-refractivity contribution in [3.8, 4) is 0 Å². The van der Waals surface area contributed by atoms with Crippen molar-refractivity contribution in [1.29, 1.82) is 0 Å². The van der Waals surface area contributed by atoms with Crippen LogP contribution in [0.15, 0.2) is 78.9 Å². The van der Waals surface area contributed by atoms with Crippen LogP contribution in [-0.2, 0) is 17.6 Å². The van der Waals surface area contributed by atoms with E-state index >= 15 is 0 Å². The van der Waals surface area contributed by atoms with Crippen molar-refractivity contribution in [3.05, 3.63) is 112 Å². The average Bonchev–Trinajstić information content (AvgIpc) is 3.75. The van der Waals surface area contributed by atoms with Crippen LogP contribution in [0.1, 0.15) is 45.6 Å². The molecule has 1 saturated carbocycles. The summed E-state index contributed by atoms with van der Waals surface area (Å²) in [7, 11) is 1.44. The molecule has 0 amide bonds. The number of nitrogens with zero attached hydrogens (tertiary/aromatic N) is 1. The number of halogens is 1. The van der Waals surface area contributed by atoms with E-state index in [1.165, 1.54) is 31.3 Å². The second-order valence-electron chi connectivity index (χ2n) is 9.61. The van der Waals surface area contributed by atoms with Gasteiger partial charge in [0.25, 0.3) is 0 Å². The summed E-state index contributed by atoms with van der Waals surface area (Å²) in [5.41, 5.74) is 5.96. The van der Waals surface area contributed by atoms with Crippen LogP contribution in [-0.4, -0.2) is 29.1 Å². The summed E-state index contributed by atoms with van der Waals surface area (Å²) in [4.78, 5) is 17.1. The van der Waals surface area contributed by atoms with Crippen molar-refractivity contribution in [3.63, 3.8) is 0 Å². The van der Waals surface area contributed by atoms with Crippen molar-refractivity contribution in [2.75, 3.05) is 12.9 Å². The number of esters is 1. The smallest absolute Gasteiger partial charge is 0.338 e. The van der Waals surface area contributed by atoms with Gasteiger partial charge in [-0.25, -0.2) is 9.78 Å². The van der Waals surface area contributed by atoms with Crippen LogP contribution in [0.3, 0.4) is 0 Å². The van der Waals surface area contributed by atoms with E-state index in [-0.39, 0.29) is 5.97 Å². The van der Waals surface area contributed by atoms with Gasteiger partial charge in [-0.05, 0) is 84.4 Å². The first-order valence-corrected chi connectivity index (χ1v) is 14.1. The van der Waals surface area contributed by atoms with Crippen LogP contribution in [0.5, 0.6) is 0 Å². The fourth-order valence-electron chi connectivity index (χ4n) is 4.47. The number of carbonyl (C=O) groups excluding carboxylic acids is 1. The van der Waals surface area contributed by atoms with E-state index in [0.29, 0.717) is 15.8 Å². The summed E-state index contributed by atoms with van der Waals surface area (Å²) < 4.78 is 5.03. The molecule has 1 heterocycles. The van der Waals surface area contributed by atoms with Gasteiger partial charge in [-0.2, -0.15) is 11.8 Å². The number of hydrogen-bond donors (Lipinski definition) is 0. The van der Waals surface area contributed by atoms with Crippen molar-refractivity contribution < 1.29 is 9.53 Å². The fraction of sp³-hybridized carbons (Fsp3) is 0.250.